The third-order valence-corrected chi connectivity index (χ3v) is 3.52. The van der Waals surface area contributed by atoms with Gasteiger partial charge in [-0.15, -0.1) is 0 Å². The van der Waals surface area contributed by atoms with Crippen LogP contribution in [0.1, 0.15) is 13.3 Å². The molecule has 3 amide bonds. The number of hydrogen-bond acceptors (Lipinski definition) is 4. The van der Waals surface area contributed by atoms with Gasteiger partial charge in [-0.3, -0.25) is 14.4 Å². The number of amides is 3. The van der Waals surface area contributed by atoms with E-state index in [1.165, 1.54) is 6.92 Å². The highest BCUT2D eigenvalue weighted by Crippen LogP contribution is 2.12. The lowest BCUT2D eigenvalue weighted by Gasteiger charge is -2.25. The molecule has 0 aromatic heterocycles. The molecule has 1 unspecified atom stereocenters. The fourth-order valence-electron chi connectivity index (χ4n) is 2.36. The molecule has 1 aliphatic heterocycles. The SMILES string of the molecule is CC(=O)N1CCN(CCC(N)=O)CC(C(=O)N(C)C)C1. The summed E-state index contributed by atoms with van der Waals surface area (Å²) >= 11 is 0. The predicted octanol–water partition coefficient (Wildman–Crippen LogP) is -1.27. The molecule has 20 heavy (non-hydrogen) atoms. The Kier molecular flexibility index (Phi) is 5.94. The Bertz CT molecular complexity index is 384. The van der Waals surface area contributed by atoms with E-state index in [0.29, 0.717) is 32.7 Å². The maximum Gasteiger partial charge on any atom is 0.228 e. The lowest BCUT2D eigenvalue weighted by atomic mass is 10.1. The summed E-state index contributed by atoms with van der Waals surface area (Å²) in [6.45, 7) is 4.25. The average Bonchev–Trinajstić information content (AvgIpc) is 2.57. The summed E-state index contributed by atoms with van der Waals surface area (Å²) < 4.78 is 0. The second kappa shape index (κ2) is 7.23. The van der Waals surface area contributed by atoms with Crippen LogP contribution in [-0.2, 0) is 14.4 Å². The minimum Gasteiger partial charge on any atom is -0.370 e. The van der Waals surface area contributed by atoms with Crippen LogP contribution in [0.15, 0.2) is 0 Å². The maximum absolute atomic E-state index is 12.2. The molecule has 0 aromatic rings. The van der Waals surface area contributed by atoms with E-state index in [-0.39, 0.29) is 30.1 Å². The Morgan fingerprint density at radius 3 is 2.35 bits per heavy atom. The van der Waals surface area contributed by atoms with Crippen molar-refractivity contribution in [2.75, 3.05) is 46.8 Å². The normalized spacial score (nSPS) is 20.4. The quantitative estimate of drug-likeness (QED) is 0.697. The molecule has 1 saturated heterocycles. The highest BCUT2D eigenvalue weighted by Gasteiger charge is 2.29. The van der Waals surface area contributed by atoms with E-state index in [4.69, 9.17) is 5.73 Å². The molecule has 1 heterocycles. The maximum atomic E-state index is 12.2. The second-order valence-electron chi connectivity index (χ2n) is 5.41. The molecule has 0 bridgehead atoms. The number of nitrogens with two attached hydrogens (primary N) is 1. The van der Waals surface area contributed by atoms with Gasteiger partial charge in [-0.1, -0.05) is 0 Å². The molecule has 7 nitrogen and oxygen atoms in total. The molecule has 114 valence electrons. The van der Waals surface area contributed by atoms with Crippen molar-refractivity contribution in [3.63, 3.8) is 0 Å². The van der Waals surface area contributed by atoms with Gasteiger partial charge in [0.1, 0.15) is 0 Å². The fraction of sp³-hybridized carbons (Fsp3) is 0.769. The molecule has 0 spiro atoms. The van der Waals surface area contributed by atoms with Gasteiger partial charge in [0.25, 0.3) is 0 Å². The molecule has 7 heteroatoms. The smallest absolute Gasteiger partial charge is 0.228 e. The minimum atomic E-state index is -0.354. The van der Waals surface area contributed by atoms with Crippen LogP contribution >= 0.6 is 0 Å². The summed E-state index contributed by atoms with van der Waals surface area (Å²) in [5.74, 6) is -0.641. The number of primary amides is 1. The molecule has 1 rings (SSSR count). The zero-order chi connectivity index (χ0) is 15.3. The molecule has 0 radical (unpaired) electrons. The van der Waals surface area contributed by atoms with Gasteiger partial charge < -0.3 is 20.4 Å². The number of carbonyl (C=O) groups excluding carboxylic acids is 3. The van der Waals surface area contributed by atoms with Gasteiger partial charge >= 0.3 is 0 Å². The average molecular weight is 284 g/mol. The monoisotopic (exact) mass is 284 g/mol. The molecule has 2 N–H and O–H groups in total. The third-order valence-electron chi connectivity index (χ3n) is 3.52. The van der Waals surface area contributed by atoms with Crippen LogP contribution in [0.2, 0.25) is 0 Å². The van der Waals surface area contributed by atoms with E-state index in [2.05, 4.69) is 0 Å². The molecular formula is C13H24N4O3. The molecule has 1 fully saturated rings. The topological polar surface area (TPSA) is 87.0 Å². The van der Waals surface area contributed by atoms with Crippen molar-refractivity contribution >= 4 is 17.7 Å². The Morgan fingerprint density at radius 1 is 1.20 bits per heavy atom. The molecule has 0 saturated carbocycles. The van der Waals surface area contributed by atoms with Gasteiger partial charge in [-0.25, -0.2) is 0 Å². The highest BCUT2D eigenvalue weighted by atomic mass is 16.2. The van der Waals surface area contributed by atoms with Crippen LogP contribution in [-0.4, -0.2) is 79.2 Å². The fourth-order valence-corrected chi connectivity index (χ4v) is 2.36. The first-order chi connectivity index (χ1) is 9.31. The number of nitrogens with zero attached hydrogens (tertiary/aromatic N) is 3. The number of carbonyl (C=O) groups is 3. The lowest BCUT2D eigenvalue weighted by Crippen LogP contribution is -2.41. The second-order valence-corrected chi connectivity index (χ2v) is 5.41. The predicted molar refractivity (Wildman–Crippen MR) is 74.7 cm³/mol. The van der Waals surface area contributed by atoms with Crippen LogP contribution < -0.4 is 5.73 Å². The van der Waals surface area contributed by atoms with Gasteiger partial charge in [0, 0.05) is 60.2 Å². The van der Waals surface area contributed by atoms with E-state index >= 15 is 0 Å². The van der Waals surface area contributed by atoms with E-state index in [1.54, 1.807) is 23.9 Å². The van der Waals surface area contributed by atoms with Crippen LogP contribution in [0, 0.1) is 5.92 Å². The summed E-state index contributed by atoms with van der Waals surface area (Å²) in [4.78, 5) is 39.9. The standard InChI is InChI=1S/C13H24N4O3/c1-10(18)17-7-6-16(5-4-12(14)19)8-11(9-17)13(20)15(2)3/h11H,4-9H2,1-3H3,(H2,14,19). The lowest BCUT2D eigenvalue weighted by molar-refractivity contribution is -0.135. The minimum absolute atomic E-state index is 0.00206. The van der Waals surface area contributed by atoms with Crippen molar-refractivity contribution in [3.8, 4) is 0 Å². The van der Waals surface area contributed by atoms with Gasteiger partial charge in [-0.2, -0.15) is 0 Å². The Morgan fingerprint density at radius 2 is 1.85 bits per heavy atom. The van der Waals surface area contributed by atoms with Crippen molar-refractivity contribution in [1.29, 1.82) is 0 Å². The van der Waals surface area contributed by atoms with Crippen molar-refractivity contribution in [3.05, 3.63) is 0 Å². The van der Waals surface area contributed by atoms with Crippen molar-refractivity contribution in [2.24, 2.45) is 11.7 Å². The first-order valence-corrected chi connectivity index (χ1v) is 6.78. The first kappa shape index (κ1) is 16.4. The molecular weight excluding hydrogens is 260 g/mol. The van der Waals surface area contributed by atoms with Crippen LogP contribution in [0.5, 0.6) is 0 Å². The first-order valence-electron chi connectivity index (χ1n) is 6.78. The molecule has 0 aromatic carbocycles. The zero-order valence-corrected chi connectivity index (χ0v) is 12.5. The van der Waals surface area contributed by atoms with Crippen molar-refractivity contribution in [1.82, 2.24) is 14.7 Å². The van der Waals surface area contributed by atoms with Crippen molar-refractivity contribution < 1.29 is 14.4 Å². The zero-order valence-electron chi connectivity index (χ0n) is 12.5. The van der Waals surface area contributed by atoms with Crippen LogP contribution in [0.3, 0.4) is 0 Å². The summed E-state index contributed by atoms with van der Waals surface area (Å²) in [5.41, 5.74) is 5.16. The van der Waals surface area contributed by atoms with Gasteiger partial charge in [0.2, 0.25) is 17.7 Å². The van der Waals surface area contributed by atoms with E-state index < -0.39 is 0 Å². The van der Waals surface area contributed by atoms with Gasteiger partial charge in [0.15, 0.2) is 0 Å². The van der Waals surface area contributed by atoms with E-state index in [0.717, 1.165) is 0 Å². The van der Waals surface area contributed by atoms with E-state index in [1.807, 2.05) is 4.90 Å². The summed E-state index contributed by atoms with van der Waals surface area (Å²) in [6.07, 6.45) is 0.267. The van der Waals surface area contributed by atoms with Gasteiger partial charge in [0.05, 0.1) is 5.92 Å². The molecule has 0 aliphatic carbocycles. The Balaban J connectivity index is 2.75. The Hall–Kier alpha value is -1.63. The molecule has 1 atom stereocenters. The summed E-state index contributed by atoms with van der Waals surface area (Å²) in [5, 5.41) is 0. The summed E-state index contributed by atoms with van der Waals surface area (Å²) in [7, 11) is 3.41. The van der Waals surface area contributed by atoms with Crippen molar-refractivity contribution in [2.45, 2.75) is 13.3 Å². The van der Waals surface area contributed by atoms with Crippen LogP contribution in [0.4, 0.5) is 0 Å². The van der Waals surface area contributed by atoms with E-state index in [9.17, 15) is 14.4 Å². The third kappa shape index (κ3) is 4.80. The number of rotatable bonds is 4. The Labute approximate surface area is 119 Å². The van der Waals surface area contributed by atoms with Gasteiger partial charge in [-0.05, 0) is 0 Å². The van der Waals surface area contributed by atoms with Crippen LogP contribution in [0.25, 0.3) is 0 Å². The number of hydrogen-bond donors (Lipinski definition) is 1. The summed E-state index contributed by atoms with van der Waals surface area (Å²) in [6, 6.07) is 0. The highest BCUT2D eigenvalue weighted by molar-refractivity contribution is 5.80. The largest absolute Gasteiger partial charge is 0.370 e. The molecule has 1 aliphatic rings.